The van der Waals surface area contributed by atoms with E-state index in [0.717, 1.165) is 10.9 Å². The summed E-state index contributed by atoms with van der Waals surface area (Å²) in [6, 6.07) is 18.0. The monoisotopic (exact) mass is 364 g/mol. The van der Waals surface area contributed by atoms with Gasteiger partial charge in [0, 0.05) is 18.5 Å². The number of para-hydroxylation sites is 1. The molecule has 1 aromatic heterocycles. The molecule has 1 heterocycles. The molecule has 6 heteroatoms. The van der Waals surface area contributed by atoms with E-state index in [4.69, 9.17) is 9.15 Å². The lowest BCUT2D eigenvalue weighted by molar-refractivity contribution is -0.141. The Morgan fingerprint density at radius 3 is 2.56 bits per heavy atom. The Kier molecular flexibility index (Phi) is 5.66. The molecule has 0 saturated heterocycles. The first-order chi connectivity index (χ1) is 13.1. The van der Waals surface area contributed by atoms with Gasteiger partial charge in [-0.05, 0) is 24.6 Å². The normalized spacial score (nSPS) is 11.4. The second-order valence-electron chi connectivity index (χ2n) is 5.86. The largest absolute Gasteiger partial charge is 0.466 e. The molecule has 3 rings (SSSR count). The predicted molar refractivity (Wildman–Crippen MR) is 105 cm³/mol. The number of fused-ring (bicyclic) bond motifs is 1. The first kappa shape index (κ1) is 18.4. The van der Waals surface area contributed by atoms with Gasteiger partial charge in [0.2, 0.25) is 0 Å². The molecule has 0 bridgehead atoms. The Morgan fingerprint density at radius 1 is 1.11 bits per heavy atom. The zero-order valence-corrected chi connectivity index (χ0v) is 15.2. The number of hydrazone groups is 1. The van der Waals surface area contributed by atoms with Gasteiger partial charge in [-0.2, -0.15) is 5.10 Å². The number of anilines is 1. The highest BCUT2D eigenvalue weighted by Crippen LogP contribution is 2.24. The highest BCUT2D eigenvalue weighted by Gasteiger charge is 2.14. The van der Waals surface area contributed by atoms with Gasteiger partial charge in [0.25, 0.3) is 0 Å². The van der Waals surface area contributed by atoms with Gasteiger partial charge in [-0.1, -0.05) is 42.5 Å². The molecule has 138 valence electrons. The van der Waals surface area contributed by atoms with E-state index < -0.39 is 5.63 Å². The Labute approximate surface area is 156 Å². The number of benzene rings is 2. The van der Waals surface area contributed by atoms with E-state index in [1.807, 2.05) is 42.5 Å². The van der Waals surface area contributed by atoms with Crippen LogP contribution in [0.3, 0.4) is 0 Å². The number of carbonyl (C=O) groups is 1. The SMILES string of the molecule is CCOC(=O)C/C(=N\N(C)c1cc(=O)oc2ccccc12)c1ccccc1. The highest BCUT2D eigenvalue weighted by atomic mass is 16.5. The van der Waals surface area contributed by atoms with E-state index in [9.17, 15) is 9.59 Å². The number of hydrogen-bond acceptors (Lipinski definition) is 6. The number of nitrogens with zero attached hydrogens (tertiary/aromatic N) is 2. The molecule has 0 unspecified atom stereocenters. The van der Waals surface area contributed by atoms with Crippen LogP contribution in [-0.2, 0) is 9.53 Å². The Bertz CT molecular complexity index is 1030. The van der Waals surface area contributed by atoms with Gasteiger partial charge in [-0.25, -0.2) is 4.79 Å². The van der Waals surface area contributed by atoms with Crippen molar-refractivity contribution >= 4 is 28.3 Å². The first-order valence-electron chi connectivity index (χ1n) is 8.63. The average molecular weight is 364 g/mol. The second-order valence-corrected chi connectivity index (χ2v) is 5.86. The van der Waals surface area contributed by atoms with Gasteiger partial charge in [-0.15, -0.1) is 0 Å². The van der Waals surface area contributed by atoms with Crippen LogP contribution in [0.1, 0.15) is 18.9 Å². The molecular formula is C21H20N2O4. The summed E-state index contributed by atoms with van der Waals surface area (Å²) in [5, 5.41) is 6.94. The van der Waals surface area contributed by atoms with Crippen LogP contribution < -0.4 is 10.6 Å². The van der Waals surface area contributed by atoms with E-state index in [2.05, 4.69) is 5.10 Å². The van der Waals surface area contributed by atoms with Crippen LogP contribution in [0, 0.1) is 0 Å². The quantitative estimate of drug-likeness (QED) is 0.289. The van der Waals surface area contributed by atoms with Crippen molar-refractivity contribution in [3.63, 3.8) is 0 Å². The minimum atomic E-state index is -0.461. The van der Waals surface area contributed by atoms with Gasteiger partial charge in [0.15, 0.2) is 0 Å². The lowest BCUT2D eigenvalue weighted by Crippen LogP contribution is -2.19. The van der Waals surface area contributed by atoms with Crippen LogP contribution in [0.4, 0.5) is 5.69 Å². The lowest BCUT2D eigenvalue weighted by atomic mass is 10.1. The topological polar surface area (TPSA) is 72.1 Å². The zero-order chi connectivity index (χ0) is 19.2. The summed E-state index contributed by atoms with van der Waals surface area (Å²) in [6.07, 6.45) is 0.0293. The number of hydrogen-bond donors (Lipinski definition) is 0. The fourth-order valence-corrected chi connectivity index (χ4v) is 2.77. The van der Waals surface area contributed by atoms with Crippen molar-refractivity contribution < 1.29 is 13.9 Å². The number of carbonyl (C=O) groups excluding carboxylic acids is 1. The summed E-state index contributed by atoms with van der Waals surface area (Å²) in [4.78, 5) is 23.9. The zero-order valence-electron chi connectivity index (χ0n) is 15.2. The first-order valence-corrected chi connectivity index (χ1v) is 8.63. The minimum Gasteiger partial charge on any atom is -0.466 e. The smallest absolute Gasteiger partial charge is 0.338 e. The third-order valence-corrected chi connectivity index (χ3v) is 3.97. The molecule has 0 amide bonds. The molecule has 0 aliphatic carbocycles. The fourth-order valence-electron chi connectivity index (χ4n) is 2.77. The second kappa shape index (κ2) is 8.31. The van der Waals surface area contributed by atoms with Crippen LogP contribution in [0.2, 0.25) is 0 Å². The van der Waals surface area contributed by atoms with Crippen molar-refractivity contribution in [2.75, 3.05) is 18.7 Å². The van der Waals surface area contributed by atoms with Gasteiger partial charge < -0.3 is 9.15 Å². The standard InChI is InChI=1S/C21H20N2O4/c1-3-26-20(24)13-17(15-9-5-4-6-10-15)22-23(2)18-14-21(25)27-19-12-8-7-11-16(18)19/h4-12,14H,3,13H2,1-2H3/b22-17+. The van der Waals surface area contributed by atoms with Crippen LogP contribution in [0.5, 0.6) is 0 Å². The molecule has 6 nitrogen and oxygen atoms in total. The maximum atomic E-state index is 12.0. The Morgan fingerprint density at radius 2 is 1.81 bits per heavy atom. The van der Waals surface area contributed by atoms with Crippen molar-refractivity contribution in [1.29, 1.82) is 0 Å². The van der Waals surface area contributed by atoms with Crippen LogP contribution in [-0.4, -0.2) is 25.3 Å². The van der Waals surface area contributed by atoms with E-state index in [-0.39, 0.29) is 12.4 Å². The minimum absolute atomic E-state index is 0.0293. The fraction of sp³-hybridized carbons (Fsp3) is 0.190. The third-order valence-electron chi connectivity index (χ3n) is 3.97. The molecular weight excluding hydrogens is 344 g/mol. The third kappa shape index (κ3) is 4.41. The van der Waals surface area contributed by atoms with Crippen molar-refractivity contribution in [2.45, 2.75) is 13.3 Å². The van der Waals surface area contributed by atoms with E-state index >= 15 is 0 Å². The molecule has 0 fully saturated rings. The Balaban J connectivity index is 2.04. The van der Waals surface area contributed by atoms with E-state index in [0.29, 0.717) is 23.6 Å². The van der Waals surface area contributed by atoms with Gasteiger partial charge >= 0.3 is 11.6 Å². The number of rotatable bonds is 6. The average Bonchev–Trinajstić information content (AvgIpc) is 2.67. The molecule has 0 aliphatic heterocycles. The van der Waals surface area contributed by atoms with Crippen LogP contribution in [0.15, 0.2) is 75.0 Å². The maximum Gasteiger partial charge on any atom is 0.338 e. The van der Waals surface area contributed by atoms with Crippen molar-refractivity contribution in [3.8, 4) is 0 Å². The van der Waals surface area contributed by atoms with E-state index in [1.54, 1.807) is 31.1 Å². The van der Waals surface area contributed by atoms with Crippen LogP contribution >= 0.6 is 0 Å². The highest BCUT2D eigenvalue weighted by molar-refractivity contribution is 6.09. The number of ether oxygens (including phenoxy) is 1. The molecule has 3 aromatic rings. The molecule has 0 saturated carbocycles. The summed E-state index contributed by atoms with van der Waals surface area (Å²) in [5.41, 5.74) is 1.98. The molecule has 2 aromatic carbocycles. The van der Waals surface area contributed by atoms with E-state index in [1.165, 1.54) is 6.07 Å². The molecule has 27 heavy (non-hydrogen) atoms. The summed E-state index contributed by atoms with van der Waals surface area (Å²) >= 11 is 0. The Hall–Kier alpha value is -3.41. The number of esters is 1. The van der Waals surface area contributed by atoms with Crippen molar-refractivity contribution in [3.05, 3.63) is 76.6 Å². The molecule has 0 radical (unpaired) electrons. The van der Waals surface area contributed by atoms with Gasteiger partial charge in [-0.3, -0.25) is 9.80 Å². The van der Waals surface area contributed by atoms with Crippen LogP contribution in [0.25, 0.3) is 11.0 Å². The molecule has 0 atom stereocenters. The molecule has 0 aliphatic rings. The summed E-state index contributed by atoms with van der Waals surface area (Å²) < 4.78 is 10.3. The maximum absolute atomic E-state index is 12.0. The van der Waals surface area contributed by atoms with Crippen molar-refractivity contribution in [2.24, 2.45) is 5.10 Å². The molecule has 0 N–H and O–H groups in total. The van der Waals surface area contributed by atoms with Gasteiger partial charge in [0.1, 0.15) is 5.58 Å². The summed E-state index contributed by atoms with van der Waals surface area (Å²) in [5.74, 6) is -0.356. The summed E-state index contributed by atoms with van der Waals surface area (Å²) in [7, 11) is 1.73. The lowest BCUT2D eigenvalue weighted by Gasteiger charge is -2.17. The molecule has 0 spiro atoms. The summed E-state index contributed by atoms with van der Waals surface area (Å²) in [6.45, 7) is 2.07. The predicted octanol–water partition coefficient (Wildman–Crippen LogP) is 3.59. The van der Waals surface area contributed by atoms with Gasteiger partial charge in [0.05, 0.1) is 24.4 Å². The van der Waals surface area contributed by atoms with Crippen molar-refractivity contribution in [1.82, 2.24) is 0 Å².